The highest BCUT2D eigenvalue weighted by molar-refractivity contribution is 5.86. The number of nitrogens with one attached hydrogen (secondary N) is 1. The van der Waals surface area contributed by atoms with Crippen molar-refractivity contribution in [2.45, 2.75) is 20.0 Å². The van der Waals surface area contributed by atoms with Crippen LogP contribution in [0.15, 0.2) is 29.0 Å². The number of esters is 1. The Morgan fingerprint density at radius 1 is 1.50 bits per heavy atom. The van der Waals surface area contributed by atoms with Crippen LogP contribution in [-0.4, -0.2) is 33.5 Å². The van der Waals surface area contributed by atoms with Gasteiger partial charge in [-0.05, 0) is 19.1 Å². The Labute approximate surface area is 114 Å². The molecule has 1 amide bonds. The van der Waals surface area contributed by atoms with Gasteiger partial charge in [0.15, 0.2) is 5.69 Å². The number of carbonyl (C=O) groups excluding carboxylic acids is 2. The van der Waals surface area contributed by atoms with E-state index < -0.39 is 5.97 Å². The van der Waals surface area contributed by atoms with Crippen molar-refractivity contribution < 1.29 is 18.7 Å². The molecule has 0 radical (unpaired) electrons. The molecule has 8 heteroatoms. The van der Waals surface area contributed by atoms with Crippen molar-refractivity contribution in [3.05, 3.63) is 36.0 Å². The van der Waals surface area contributed by atoms with Crippen molar-refractivity contribution in [3.63, 3.8) is 0 Å². The number of aromatic nitrogens is 3. The second-order valence-corrected chi connectivity index (χ2v) is 3.88. The highest BCUT2D eigenvalue weighted by Gasteiger charge is 2.13. The number of carbonyl (C=O) groups is 2. The van der Waals surface area contributed by atoms with Crippen LogP contribution in [0.4, 0.5) is 0 Å². The van der Waals surface area contributed by atoms with Gasteiger partial charge in [0.05, 0.1) is 25.6 Å². The summed E-state index contributed by atoms with van der Waals surface area (Å²) in [5.74, 6) is -0.166. The molecule has 0 aliphatic carbocycles. The van der Waals surface area contributed by atoms with E-state index in [9.17, 15) is 9.59 Å². The molecule has 2 heterocycles. The van der Waals surface area contributed by atoms with Gasteiger partial charge in [0.1, 0.15) is 12.3 Å². The lowest BCUT2D eigenvalue weighted by Crippen LogP contribution is -2.27. The van der Waals surface area contributed by atoms with Gasteiger partial charge in [-0.1, -0.05) is 5.21 Å². The van der Waals surface area contributed by atoms with Gasteiger partial charge in [-0.2, -0.15) is 0 Å². The molecule has 1 N–H and O–H groups in total. The topological polar surface area (TPSA) is 99.2 Å². The average Bonchev–Trinajstić information content (AvgIpc) is 3.07. The normalized spacial score (nSPS) is 10.2. The van der Waals surface area contributed by atoms with Gasteiger partial charge in [-0.15, -0.1) is 5.10 Å². The molecule has 8 nitrogen and oxygen atoms in total. The first-order chi connectivity index (χ1) is 9.69. The molecule has 0 unspecified atom stereocenters. The van der Waals surface area contributed by atoms with Crippen molar-refractivity contribution in [2.75, 3.05) is 6.61 Å². The molecule has 2 rings (SSSR count). The number of hydrogen-bond donors (Lipinski definition) is 1. The van der Waals surface area contributed by atoms with Gasteiger partial charge in [-0.25, -0.2) is 9.48 Å². The van der Waals surface area contributed by atoms with Crippen LogP contribution in [0.2, 0.25) is 0 Å². The smallest absolute Gasteiger partial charge is 0.360 e. The SMILES string of the molecule is CCOC(=O)c1cn(CC(=O)NCc2ccco2)nn1. The van der Waals surface area contributed by atoms with E-state index in [1.54, 1.807) is 19.1 Å². The highest BCUT2D eigenvalue weighted by Crippen LogP contribution is 1.99. The summed E-state index contributed by atoms with van der Waals surface area (Å²) in [6.07, 6.45) is 2.90. The molecule has 0 saturated heterocycles. The fourth-order valence-corrected chi connectivity index (χ4v) is 1.48. The first kappa shape index (κ1) is 13.8. The minimum atomic E-state index is -0.560. The van der Waals surface area contributed by atoms with Crippen molar-refractivity contribution >= 4 is 11.9 Å². The summed E-state index contributed by atoms with van der Waals surface area (Å²) in [7, 11) is 0. The first-order valence-electron chi connectivity index (χ1n) is 6.05. The Morgan fingerprint density at radius 2 is 2.35 bits per heavy atom. The zero-order chi connectivity index (χ0) is 14.4. The maximum absolute atomic E-state index is 11.7. The third kappa shape index (κ3) is 3.67. The quantitative estimate of drug-likeness (QED) is 0.766. The van der Waals surface area contributed by atoms with Gasteiger partial charge in [0, 0.05) is 0 Å². The van der Waals surface area contributed by atoms with Gasteiger partial charge < -0.3 is 14.5 Å². The van der Waals surface area contributed by atoms with Gasteiger partial charge in [0.2, 0.25) is 5.91 Å². The molecule has 0 bridgehead atoms. The van der Waals surface area contributed by atoms with Crippen LogP contribution in [-0.2, 0) is 22.6 Å². The second kappa shape index (κ2) is 6.50. The Bertz CT molecular complexity index is 576. The Morgan fingerprint density at radius 3 is 3.05 bits per heavy atom. The maximum Gasteiger partial charge on any atom is 0.360 e. The van der Waals surface area contributed by atoms with Crippen LogP contribution in [0.3, 0.4) is 0 Å². The molecule has 0 aliphatic heterocycles. The fourth-order valence-electron chi connectivity index (χ4n) is 1.48. The molecule has 0 aliphatic rings. The predicted octanol–water partition coefficient (Wildman–Crippen LogP) is 0.364. The second-order valence-electron chi connectivity index (χ2n) is 3.88. The standard InChI is InChI=1S/C12H14N4O4/c1-2-19-12(18)10-7-16(15-14-10)8-11(17)13-6-9-4-3-5-20-9/h3-5,7H,2,6,8H2,1H3,(H,13,17). The minimum absolute atomic E-state index is 0.0346. The number of nitrogens with zero attached hydrogens (tertiary/aromatic N) is 3. The van der Waals surface area contributed by atoms with E-state index in [-0.39, 0.29) is 24.8 Å². The van der Waals surface area contributed by atoms with Crippen LogP contribution < -0.4 is 5.32 Å². The molecule has 0 atom stereocenters. The van der Waals surface area contributed by atoms with E-state index >= 15 is 0 Å². The first-order valence-corrected chi connectivity index (χ1v) is 6.05. The largest absolute Gasteiger partial charge is 0.467 e. The zero-order valence-corrected chi connectivity index (χ0v) is 10.9. The van der Waals surface area contributed by atoms with Crippen LogP contribution in [0.25, 0.3) is 0 Å². The minimum Gasteiger partial charge on any atom is -0.467 e. The number of rotatable bonds is 6. The lowest BCUT2D eigenvalue weighted by Gasteiger charge is -2.02. The molecule has 2 aromatic heterocycles. The molecule has 0 spiro atoms. The Balaban J connectivity index is 1.83. The summed E-state index contributed by atoms with van der Waals surface area (Å²) in [6.45, 7) is 2.22. The van der Waals surface area contributed by atoms with E-state index in [1.165, 1.54) is 17.1 Å². The van der Waals surface area contributed by atoms with Crippen molar-refractivity contribution in [3.8, 4) is 0 Å². The molecule has 0 fully saturated rings. The summed E-state index contributed by atoms with van der Waals surface area (Å²) < 4.78 is 11.1. The third-order valence-corrected chi connectivity index (χ3v) is 2.37. The van der Waals surface area contributed by atoms with Crippen LogP contribution in [0.1, 0.15) is 23.2 Å². The van der Waals surface area contributed by atoms with Crippen molar-refractivity contribution in [1.82, 2.24) is 20.3 Å². The van der Waals surface area contributed by atoms with Crippen molar-refractivity contribution in [2.24, 2.45) is 0 Å². The van der Waals surface area contributed by atoms with E-state index in [0.29, 0.717) is 12.3 Å². The molecular weight excluding hydrogens is 264 g/mol. The molecule has 0 saturated carbocycles. The monoisotopic (exact) mass is 278 g/mol. The van der Waals surface area contributed by atoms with Gasteiger partial charge in [0.25, 0.3) is 0 Å². The van der Waals surface area contributed by atoms with Crippen LogP contribution in [0, 0.1) is 0 Å². The molecular formula is C12H14N4O4. The summed E-state index contributed by atoms with van der Waals surface area (Å²) in [6, 6.07) is 3.50. The van der Waals surface area contributed by atoms with Crippen LogP contribution in [0.5, 0.6) is 0 Å². The fraction of sp³-hybridized carbons (Fsp3) is 0.333. The van der Waals surface area contributed by atoms with E-state index in [2.05, 4.69) is 15.6 Å². The Kier molecular flexibility index (Phi) is 4.48. The predicted molar refractivity (Wildman–Crippen MR) is 66.5 cm³/mol. The Hall–Kier alpha value is -2.64. The summed E-state index contributed by atoms with van der Waals surface area (Å²) in [4.78, 5) is 23.0. The van der Waals surface area contributed by atoms with Gasteiger partial charge in [-0.3, -0.25) is 4.79 Å². The molecule has 0 aromatic carbocycles. The summed E-state index contributed by atoms with van der Waals surface area (Å²) in [5.41, 5.74) is 0.0747. The number of hydrogen-bond acceptors (Lipinski definition) is 6. The van der Waals surface area contributed by atoms with Crippen LogP contribution >= 0.6 is 0 Å². The van der Waals surface area contributed by atoms with E-state index in [4.69, 9.17) is 9.15 Å². The third-order valence-electron chi connectivity index (χ3n) is 2.37. The average molecular weight is 278 g/mol. The number of furan rings is 1. The zero-order valence-electron chi connectivity index (χ0n) is 10.9. The number of amides is 1. The lowest BCUT2D eigenvalue weighted by atomic mass is 10.4. The molecule has 106 valence electrons. The molecule has 20 heavy (non-hydrogen) atoms. The number of ether oxygens (including phenoxy) is 1. The molecule has 2 aromatic rings. The highest BCUT2D eigenvalue weighted by atomic mass is 16.5. The van der Waals surface area contributed by atoms with E-state index in [1.807, 2.05) is 0 Å². The van der Waals surface area contributed by atoms with Crippen molar-refractivity contribution in [1.29, 1.82) is 0 Å². The van der Waals surface area contributed by atoms with Gasteiger partial charge >= 0.3 is 5.97 Å². The summed E-state index contributed by atoms with van der Waals surface area (Å²) in [5, 5.41) is 9.98. The lowest BCUT2D eigenvalue weighted by molar-refractivity contribution is -0.122. The summed E-state index contributed by atoms with van der Waals surface area (Å²) >= 11 is 0. The maximum atomic E-state index is 11.7. The van der Waals surface area contributed by atoms with E-state index in [0.717, 1.165) is 0 Å².